The normalized spacial score (nSPS) is 13.0. The minimum Gasteiger partial charge on any atom is -0.382 e. The fourth-order valence-corrected chi connectivity index (χ4v) is 4.71. The van der Waals surface area contributed by atoms with Gasteiger partial charge in [0.15, 0.2) is 0 Å². The third-order valence-corrected chi connectivity index (χ3v) is 6.97. The van der Waals surface area contributed by atoms with E-state index in [1.165, 1.54) is 0 Å². The first-order valence-corrected chi connectivity index (χ1v) is 12.0. The van der Waals surface area contributed by atoms with Crippen molar-refractivity contribution in [1.29, 1.82) is 0 Å². The second-order valence-corrected chi connectivity index (χ2v) is 9.88. The number of amides is 1. The molecule has 25 heavy (non-hydrogen) atoms. The first kappa shape index (κ1) is 25.2. The van der Waals surface area contributed by atoms with Gasteiger partial charge in [0.1, 0.15) is 0 Å². The molecule has 0 aliphatic rings. The lowest BCUT2D eigenvalue weighted by molar-refractivity contribution is -0.121. The van der Waals surface area contributed by atoms with Crippen molar-refractivity contribution in [3.8, 4) is 0 Å². The highest BCUT2D eigenvalue weighted by atomic mass is 33.1. The van der Waals surface area contributed by atoms with Gasteiger partial charge in [-0.15, -0.1) is 0 Å². The maximum absolute atomic E-state index is 11.8. The molecule has 0 aliphatic carbocycles. The molecular formula is C15H32NO6PS2. The number of rotatable bonds is 17. The van der Waals surface area contributed by atoms with Gasteiger partial charge < -0.3 is 24.2 Å². The van der Waals surface area contributed by atoms with Gasteiger partial charge in [-0.3, -0.25) is 9.36 Å². The molecule has 0 rings (SSSR count). The van der Waals surface area contributed by atoms with Crippen molar-refractivity contribution >= 4 is 35.7 Å². The second-order valence-electron chi connectivity index (χ2n) is 5.94. The van der Waals surface area contributed by atoms with Crippen LogP contribution in [-0.2, 0) is 23.4 Å². The van der Waals surface area contributed by atoms with Gasteiger partial charge >= 0.3 is 8.25 Å². The van der Waals surface area contributed by atoms with Crippen LogP contribution in [0.2, 0.25) is 0 Å². The van der Waals surface area contributed by atoms with Gasteiger partial charge in [-0.2, -0.15) is 0 Å². The first-order chi connectivity index (χ1) is 11.9. The summed E-state index contributed by atoms with van der Waals surface area (Å²) in [6.07, 6.45) is 3.01. The minimum atomic E-state index is -2.79. The van der Waals surface area contributed by atoms with Crippen LogP contribution in [0.4, 0.5) is 0 Å². The summed E-state index contributed by atoms with van der Waals surface area (Å²) in [4.78, 5) is 20.4. The summed E-state index contributed by atoms with van der Waals surface area (Å²) in [6, 6.07) is 0. The van der Waals surface area contributed by atoms with Crippen LogP contribution < -0.4 is 5.32 Å². The average Bonchev–Trinajstić information content (AvgIpc) is 2.55. The summed E-state index contributed by atoms with van der Waals surface area (Å²) < 4.78 is 25.2. The molecule has 1 amide bonds. The second kappa shape index (κ2) is 16.4. The molecule has 1 unspecified atom stereocenters. The van der Waals surface area contributed by atoms with Crippen molar-refractivity contribution in [3.63, 3.8) is 0 Å². The van der Waals surface area contributed by atoms with E-state index in [0.29, 0.717) is 39.4 Å². The van der Waals surface area contributed by atoms with Crippen LogP contribution in [0.5, 0.6) is 0 Å². The van der Waals surface area contributed by atoms with Gasteiger partial charge in [0.05, 0.1) is 26.4 Å². The Labute approximate surface area is 159 Å². The first-order valence-electron chi connectivity index (χ1n) is 8.37. The fourth-order valence-electron chi connectivity index (χ4n) is 1.68. The number of carbonyl (C=O) groups is 1. The Kier molecular flexibility index (Phi) is 16.6. The largest absolute Gasteiger partial charge is 0.382 e. The van der Waals surface area contributed by atoms with E-state index >= 15 is 0 Å². The Morgan fingerprint density at radius 3 is 2.64 bits per heavy atom. The lowest BCUT2D eigenvalue weighted by atomic mass is 10.1. The van der Waals surface area contributed by atoms with E-state index in [1.807, 2.05) is 0 Å². The SMILES string of the molecule is COCCOCCNC(=O)CCC(C)(C)SSCCCCO[PH](=O)O. The van der Waals surface area contributed by atoms with Crippen LogP contribution in [0.15, 0.2) is 0 Å². The van der Waals surface area contributed by atoms with Gasteiger partial charge in [0.2, 0.25) is 5.91 Å². The summed E-state index contributed by atoms with van der Waals surface area (Å²) in [5.41, 5.74) is 0. The van der Waals surface area contributed by atoms with Crippen molar-refractivity contribution in [2.24, 2.45) is 0 Å². The predicted molar refractivity (Wildman–Crippen MR) is 105 cm³/mol. The van der Waals surface area contributed by atoms with Crippen LogP contribution in [0.1, 0.15) is 39.5 Å². The quantitative estimate of drug-likeness (QED) is 0.212. The van der Waals surface area contributed by atoms with Gasteiger partial charge in [0, 0.05) is 30.6 Å². The van der Waals surface area contributed by atoms with Crippen LogP contribution >= 0.6 is 29.8 Å². The maximum atomic E-state index is 11.8. The monoisotopic (exact) mass is 417 g/mol. The van der Waals surface area contributed by atoms with E-state index in [4.69, 9.17) is 14.4 Å². The summed E-state index contributed by atoms with van der Waals surface area (Å²) in [6.45, 7) is 6.72. The van der Waals surface area contributed by atoms with E-state index < -0.39 is 8.25 Å². The Morgan fingerprint density at radius 2 is 1.96 bits per heavy atom. The van der Waals surface area contributed by atoms with Gasteiger partial charge in [-0.25, -0.2) is 0 Å². The van der Waals surface area contributed by atoms with Crippen molar-refractivity contribution < 1.29 is 28.3 Å². The Morgan fingerprint density at radius 1 is 1.20 bits per heavy atom. The van der Waals surface area contributed by atoms with Crippen LogP contribution in [0, 0.1) is 0 Å². The summed E-state index contributed by atoms with van der Waals surface area (Å²) in [5, 5.41) is 2.85. The molecule has 0 saturated carbocycles. The van der Waals surface area contributed by atoms with Crippen molar-refractivity contribution in [2.75, 3.05) is 45.8 Å². The van der Waals surface area contributed by atoms with E-state index in [-0.39, 0.29) is 10.7 Å². The van der Waals surface area contributed by atoms with Crippen molar-refractivity contribution in [2.45, 2.75) is 44.3 Å². The Balaban J connectivity index is 3.58. The lowest BCUT2D eigenvalue weighted by Gasteiger charge is -2.22. The maximum Gasteiger partial charge on any atom is 0.316 e. The predicted octanol–water partition coefficient (Wildman–Crippen LogP) is 2.88. The third kappa shape index (κ3) is 18.8. The molecule has 0 fully saturated rings. The number of nitrogens with one attached hydrogen (secondary N) is 1. The third-order valence-electron chi connectivity index (χ3n) is 3.09. The van der Waals surface area contributed by atoms with Crippen LogP contribution in [0.3, 0.4) is 0 Å². The van der Waals surface area contributed by atoms with Crippen LogP contribution in [0.25, 0.3) is 0 Å². The van der Waals surface area contributed by atoms with E-state index in [9.17, 15) is 9.36 Å². The summed E-state index contributed by atoms with van der Waals surface area (Å²) in [7, 11) is 2.37. The van der Waals surface area contributed by atoms with E-state index in [1.54, 1.807) is 28.7 Å². The van der Waals surface area contributed by atoms with Gasteiger partial charge in [-0.1, -0.05) is 21.6 Å². The lowest BCUT2D eigenvalue weighted by Crippen LogP contribution is -2.29. The van der Waals surface area contributed by atoms with Crippen molar-refractivity contribution in [1.82, 2.24) is 5.32 Å². The molecule has 7 nitrogen and oxygen atoms in total. The zero-order valence-corrected chi connectivity index (χ0v) is 18.0. The highest BCUT2D eigenvalue weighted by Gasteiger charge is 2.20. The van der Waals surface area contributed by atoms with Crippen LogP contribution in [-0.4, -0.2) is 61.4 Å². The zero-order valence-electron chi connectivity index (χ0n) is 15.4. The number of methoxy groups -OCH3 is 1. The molecule has 0 aromatic carbocycles. The standard InChI is InChI=1S/C15H32NO6PS2/c1-15(2,25-24-13-5-4-9-22-23(18)19)7-6-14(17)16-8-10-21-12-11-20-3/h23H,4-13H2,1-3H3,(H,16,17)(H,18,19). The molecule has 10 heteroatoms. The molecule has 150 valence electrons. The molecular weight excluding hydrogens is 385 g/mol. The molecule has 0 heterocycles. The summed E-state index contributed by atoms with van der Waals surface area (Å²) >= 11 is 0. The fraction of sp³-hybridized carbons (Fsp3) is 0.933. The topological polar surface area (TPSA) is 94.1 Å². The molecule has 0 spiro atoms. The Hall–Kier alpha value is 0.240. The van der Waals surface area contributed by atoms with E-state index in [0.717, 1.165) is 25.0 Å². The molecule has 2 N–H and O–H groups in total. The van der Waals surface area contributed by atoms with Gasteiger partial charge in [-0.05, 0) is 33.1 Å². The number of carbonyl (C=O) groups excluding carboxylic acids is 1. The number of ether oxygens (including phenoxy) is 2. The Bertz CT molecular complexity index is 374. The number of unbranched alkanes of at least 4 members (excludes halogenated alkanes) is 1. The molecule has 0 bridgehead atoms. The smallest absolute Gasteiger partial charge is 0.316 e. The molecule has 1 atom stereocenters. The number of hydrogen-bond acceptors (Lipinski definition) is 7. The zero-order chi connectivity index (χ0) is 19.0. The highest BCUT2D eigenvalue weighted by Crippen LogP contribution is 2.39. The molecule has 0 radical (unpaired) electrons. The highest BCUT2D eigenvalue weighted by molar-refractivity contribution is 8.77. The minimum absolute atomic E-state index is 0.0176. The van der Waals surface area contributed by atoms with Gasteiger partial charge in [0.25, 0.3) is 0 Å². The number of hydrogen-bond donors (Lipinski definition) is 2. The molecule has 0 aliphatic heterocycles. The average molecular weight is 418 g/mol. The van der Waals surface area contributed by atoms with E-state index in [2.05, 4.69) is 23.7 Å². The summed E-state index contributed by atoms with van der Waals surface area (Å²) in [5.74, 6) is 1.000. The molecule has 0 aromatic heterocycles. The molecule has 0 aromatic rings. The van der Waals surface area contributed by atoms with Crippen molar-refractivity contribution in [3.05, 3.63) is 0 Å². The molecule has 0 saturated heterocycles.